The van der Waals surface area contributed by atoms with Gasteiger partial charge in [0, 0.05) is 11.1 Å². The van der Waals surface area contributed by atoms with Crippen LogP contribution in [-0.4, -0.2) is 11.7 Å². The maximum atomic E-state index is 13.9. The number of aliphatic hydroxyl groups excluding tert-OH is 1. The molecule has 2 rings (SSSR count). The molecule has 3 nitrogen and oxygen atoms in total. The summed E-state index contributed by atoms with van der Waals surface area (Å²) in [7, 11) is 0. The van der Waals surface area contributed by atoms with Gasteiger partial charge >= 0.3 is 0 Å². The number of aliphatic hydroxyl groups is 1. The van der Waals surface area contributed by atoms with E-state index < -0.39 is 0 Å². The highest BCUT2D eigenvalue weighted by molar-refractivity contribution is 5.37. The van der Waals surface area contributed by atoms with Crippen LogP contribution < -0.4 is 10.5 Å². The van der Waals surface area contributed by atoms with E-state index in [0.717, 1.165) is 5.56 Å². The van der Waals surface area contributed by atoms with Crippen LogP contribution in [0.4, 0.5) is 4.39 Å². The summed E-state index contributed by atoms with van der Waals surface area (Å²) in [5.74, 6) is 5.68. The van der Waals surface area contributed by atoms with Crippen molar-refractivity contribution in [2.45, 2.75) is 13.2 Å². The number of rotatable bonds is 4. The summed E-state index contributed by atoms with van der Waals surface area (Å²) in [5, 5.41) is 9.06. The van der Waals surface area contributed by atoms with Crippen molar-refractivity contribution in [2.24, 2.45) is 5.73 Å². The molecular weight excluding hydrogens is 269 g/mol. The molecule has 0 saturated heterocycles. The SMILES string of the molecule is NCC#Cc1ccc(COc2cccc(CO)c2)c(F)c1. The summed E-state index contributed by atoms with van der Waals surface area (Å²) in [6, 6.07) is 11.8. The highest BCUT2D eigenvalue weighted by atomic mass is 19.1. The van der Waals surface area contributed by atoms with Crippen molar-refractivity contribution in [2.75, 3.05) is 6.54 Å². The Balaban J connectivity index is 2.06. The van der Waals surface area contributed by atoms with Gasteiger partial charge in [0.05, 0.1) is 13.2 Å². The number of nitrogens with two attached hydrogens (primary N) is 1. The molecule has 0 aliphatic carbocycles. The van der Waals surface area contributed by atoms with Crippen LogP contribution in [0.2, 0.25) is 0 Å². The molecule has 0 atom stereocenters. The predicted octanol–water partition coefficient (Wildman–Crippen LogP) is 2.21. The first-order chi connectivity index (χ1) is 10.2. The molecule has 0 spiro atoms. The van der Waals surface area contributed by atoms with E-state index in [4.69, 9.17) is 15.6 Å². The predicted molar refractivity (Wildman–Crippen MR) is 79.0 cm³/mol. The van der Waals surface area contributed by atoms with E-state index in [9.17, 15) is 4.39 Å². The fourth-order valence-corrected chi connectivity index (χ4v) is 1.79. The van der Waals surface area contributed by atoms with Crippen molar-refractivity contribution < 1.29 is 14.2 Å². The van der Waals surface area contributed by atoms with Crippen LogP contribution in [0.15, 0.2) is 42.5 Å². The van der Waals surface area contributed by atoms with Crippen LogP contribution in [0.3, 0.4) is 0 Å². The summed E-state index contributed by atoms with van der Waals surface area (Å²) < 4.78 is 19.4. The molecule has 21 heavy (non-hydrogen) atoms. The Morgan fingerprint density at radius 1 is 1.19 bits per heavy atom. The first kappa shape index (κ1) is 15.0. The first-order valence-corrected chi connectivity index (χ1v) is 6.53. The average molecular weight is 285 g/mol. The van der Waals surface area contributed by atoms with Gasteiger partial charge in [-0.15, -0.1) is 0 Å². The second kappa shape index (κ2) is 7.44. The van der Waals surface area contributed by atoms with Crippen molar-refractivity contribution in [1.82, 2.24) is 0 Å². The van der Waals surface area contributed by atoms with Gasteiger partial charge in [-0.1, -0.05) is 30.0 Å². The number of ether oxygens (including phenoxy) is 1. The third-order valence-corrected chi connectivity index (χ3v) is 2.86. The molecule has 0 aromatic heterocycles. The van der Waals surface area contributed by atoms with Crippen LogP contribution in [0.1, 0.15) is 16.7 Å². The summed E-state index contributed by atoms with van der Waals surface area (Å²) in [4.78, 5) is 0. The molecule has 4 heteroatoms. The monoisotopic (exact) mass is 285 g/mol. The van der Waals surface area contributed by atoms with Crippen LogP contribution in [0, 0.1) is 17.7 Å². The van der Waals surface area contributed by atoms with Crippen LogP contribution >= 0.6 is 0 Å². The third-order valence-electron chi connectivity index (χ3n) is 2.86. The zero-order chi connectivity index (χ0) is 15.1. The molecule has 0 heterocycles. The normalized spacial score (nSPS) is 9.86. The molecule has 108 valence electrons. The molecule has 0 radical (unpaired) electrons. The number of hydrogen-bond acceptors (Lipinski definition) is 3. The van der Waals surface area contributed by atoms with Gasteiger partial charge in [-0.05, 0) is 29.8 Å². The molecule has 0 unspecified atom stereocenters. The zero-order valence-electron chi connectivity index (χ0n) is 11.5. The number of benzene rings is 2. The van der Waals surface area contributed by atoms with E-state index in [-0.39, 0.29) is 25.6 Å². The maximum absolute atomic E-state index is 13.9. The van der Waals surface area contributed by atoms with Crippen LogP contribution in [-0.2, 0) is 13.2 Å². The highest BCUT2D eigenvalue weighted by Crippen LogP contribution is 2.17. The van der Waals surface area contributed by atoms with Crippen molar-refractivity contribution in [3.8, 4) is 17.6 Å². The van der Waals surface area contributed by atoms with E-state index in [1.165, 1.54) is 6.07 Å². The Kier molecular flexibility index (Phi) is 5.33. The Morgan fingerprint density at radius 3 is 2.76 bits per heavy atom. The quantitative estimate of drug-likeness (QED) is 0.847. The van der Waals surface area contributed by atoms with Crippen LogP contribution in [0.5, 0.6) is 5.75 Å². The van der Waals surface area contributed by atoms with E-state index in [2.05, 4.69) is 11.8 Å². The van der Waals surface area contributed by atoms with Crippen molar-refractivity contribution in [3.63, 3.8) is 0 Å². The van der Waals surface area contributed by atoms with Crippen molar-refractivity contribution in [1.29, 1.82) is 0 Å². The first-order valence-electron chi connectivity index (χ1n) is 6.53. The molecule has 2 aromatic carbocycles. The van der Waals surface area contributed by atoms with Gasteiger partial charge in [-0.2, -0.15) is 0 Å². The zero-order valence-corrected chi connectivity index (χ0v) is 11.5. The van der Waals surface area contributed by atoms with E-state index >= 15 is 0 Å². The Bertz CT molecular complexity index is 674. The fourth-order valence-electron chi connectivity index (χ4n) is 1.79. The van der Waals surface area contributed by atoms with Gasteiger partial charge in [0.1, 0.15) is 18.2 Å². The molecular formula is C17H16FNO2. The van der Waals surface area contributed by atoms with Crippen molar-refractivity contribution in [3.05, 3.63) is 65.0 Å². The minimum atomic E-state index is -0.364. The van der Waals surface area contributed by atoms with Gasteiger partial charge in [0.2, 0.25) is 0 Å². The Morgan fingerprint density at radius 2 is 2.05 bits per heavy atom. The lowest BCUT2D eigenvalue weighted by atomic mass is 10.1. The van der Waals surface area contributed by atoms with E-state index in [1.807, 2.05) is 0 Å². The number of halogens is 1. The molecule has 2 aromatic rings. The summed E-state index contributed by atoms with van der Waals surface area (Å²) in [6.07, 6.45) is 0. The second-order valence-electron chi connectivity index (χ2n) is 4.41. The Labute approximate surface area is 123 Å². The van der Waals surface area contributed by atoms with Crippen LogP contribution in [0.25, 0.3) is 0 Å². The maximum Gasteiger partial charge on any atom is 0.131 e. The molecule has 0 bridgehead atoms. The summed E-state index contributed by atoms with van der Waals surface area (Å²) in [6.45, 7) is 0.305. The lowest BCUT2D eigenvalue weighted by Crippen LogP contribution is -1.99. The molecule has 0 aliphatic rings. The Hall–Kier alpha value is -2.35. The number of hydrogen-bond donors (Lipinski definition) is 2. The summed E-state index contributed by atoms with van der Waals surface area (Å²) in [5.41, 5.74) is 7.06. The van der Waals surface area contributed by atoms with E-state index in [1.54, 1.807) is 36.4 Å². The highest BCUT2D eigenvalue weighted by Gasteiger charge is 2.04. The minimum absolute atomic E-state index is 0.0555. The molecule has 3 N–H and O–H groups in total. The largest absolute Gasteiger partial charge is 0.489 e. The standard InChI is InChI=1S/C17H16FNO2/c18-17-10-13(4-2-8-19)6-7-15(17)12-21-16-5-1-3-14(9-16)11-20/h1,3,5-7,9-10,20H,8,11-12,19H2. The average Bonchev–Trinajstić information content (AvgIpc) is 2.52. The van der Waals surface area contributed by atoms with E-state index in [0.29, 0.717) is 16.9 Å². The molecule has 0 saturated carbocycles. The van der Waals surface area contributed by atoms with Gasteiger partial charge < -0.3 is 15.6 Å². The molecule has 0 amide bonds. The molecule has 0 fully saturated rings. The lowest BCUT2D eigenvalue weighted by Gasteiger charge is -2.08. The van der Waals surface area contributed by atoms with Gasteiger partial charge in [-0.3, -0.25) is 0 Å². The fraction of sp³-hybridized carbons (Fsp3) is 0.176. The van der Waals surface area contributed by atoms with Crippen molar-refractivity contribution >= 4 is 0 Å². The second-order valence-corrected chi connectivity index (χ2v) is 4.41. The minimum Gasteiger partial charge on any atom is -0.489 e. The summed E-state index contributed by atoms with van der Waals surface area (Å²) >= 11 is 0. The third kappa shape index (κ3) is 4.32. The van der Waals surface area contributed by atoms with Gasteiger partial charge in [-0.25, -0.2) is 4.39 Å². The lowest BCUT2D eigenvalue weighted by molar-refractivity contribution is 0.277. The van der Waals surface area contributed by atoms with Gasteiger partial charge in [0.15, 0.2) is 0 Å². The smallest absolute Gasteiger partial charge is 0.131 e. The van der Waals surface area contributed by atoms with Gasteiger partial charge in [0.25, 0.3) is 0 Å². The topological polar surface area (TPSA) is 55.5 Å². The molecule has 0 aliphatic heterocycles.